The molecule has 1 aliphatic carbocycles. The molecule has 1 amide bonds. The van der Waals surface area contributed by atoms with Crippen molar-refractivity contribution in [2.24, 2.45) is 5.92 Å². The standard InChI is InChI=1S/C22H29N3O2P2/c1-5-17(14-11-22(28,29)12-14)24-18(26)16-13-23-20(21(2,3)4)25-19(16)27-15-9-7-6-8-10-15/h5-10,13-14,17H,1,11-12,28-29H2,2-4H3,(H,24,26). The fraction of sp³-hybridized carbons (Fsp3) is 0.409. The highest BCUT2D eigenvalue weighted by Gasteiger charge is 2.40. The molecule has 1 N–H and O–H groups in total. The van der Waals surface area contributed by atoms with E-state index in [4.69, 9.17) is 4.74 Å². The minimum absolute atomic E-state index is 0.108. The highest BCUT2D eigenvalue weighted by Crippen LogP contribution is 2.51. The quantitative estimate of drug-likeness (QED) is 0.534. The van der Waals surface area contributed by atoms with Gasteiger partial charge < -0.3 is 10.1 Å². The number of rotatable bonds is 6. The lowest BCUT2D eigenvalue weighted by Crippen LogP contribution is -2.47. The summed E-state index contributed by atoms with van der Waals surface area (Å²) in [6.45, 7) is 9.98. The van der Waals surface area contributed by atoms with E-state index in [1.807, 2.05) is 51.1 Å². The number of nitrogens with zero attached hydrogens (tertiary/aromatic N) is 2. The van der Waals surface area contributed by atoms with Gasteiger partial charge in [0.25, 0.3) is 5.91 Å². The Balaban J connectivity index is 1.86. The molecule has 0 radical (unpaired) electrons. The third kappa shape index (κ3) is 5.41. The van der Waals surface area contributed by atoms with Crippen molar-refractivity contribution < 1.29 is 9.53 Å². The van der Waals surface area contributed by atoms with Gasteiger partial charge in [0, 0.05) is 16.5 Å². The van der Waals surface area contributed by atoms with Gasteiger partial charge in [-0.05, 0) is 30.9 Å². The highest BCUT2D eigenvalue weighted by molar-refractivity contribution is 7.40. The molecule has 29 heavy (non-hydrogen) atoms. The number of amides is 1. The molecule has 0 aliphatic heterocycles. The van der Waals surface area contributed by atoms with Gasteiger partial charge in [-0.25, -0.2) is 4.98 Å². The Morgan fingerprint density at radius 2 is 1.97 bits per heavy atom. The van der Waals surface area contributed by atoms with Crippen LogP contribution in [0.2, 0.25) is 0 Å². The van der Waals surface area contributed by atoms with Gasteiger partial charge in [-0.1, -0.05) is 45.0 Å². The molecular weight excluding hydrogens is 400 g/mol. The summed E-state index contributed by atoms with van der Waals surface area (Å²) in [4.78, 5) is 22.2. The predicted molar refractivity (Wildman–Crippen MR) is 124 cm³/mol. The third-order valence-electron chi connectivity index (χ3n) is 4.97. The van der Waals surface area contributed by atoms with Crippen LogP contribution in [0.4, 0.5) is 0 Å². The Labute approximate surface area is 177 Å². The molecule has 1 saturated carbocycles. The number of carbonyl (C=O) groups is 1. The number of hydrogen-bond acceptors (Lipinski definition) is 4. The molecule has 3 atom stereocenters. The summed E-state index contributed by atoms with van der Waals surface area (Å²) in [5.41, 5.74) is 0.0522. The van der Waals surface area contributed by atoms with Crippen molar-refractivity contribution in [3.8, 4) is 11.6 Å². The minimum atomic E-state index is -0.264. The molecule has 1 heterocycles. The van der Waals surface area contributed by atoms with Gasteiger partial charge in [-0.15, -0.1) is 25.1 Å². The second-order valence-electron chi connectivity index (χ2n) is 8.71. The second kappa shape index (κ2) is 8.50. The van der Waals surface area contributed by atoms with Crippen molar-refractivity contribution in [2.45, 2.75) is 50.0 Å². The molecule has 7 heteroatoms. The fourth-order valence-electron chi connectivity index (χ4n) is 3.33. The van der Waals surface area contributed by atoms with Crippen LogP contribution in [0.3, 0.4) is 0 Å². The molecule has 0 saturated heterocycles. The van der Waals surface area contributed by atoms with Crippen molar-refractivity contribution in [1.29, 1.82) is 0 Å². The van der Waals surface area contributed by atoms with Crippen molar-refractivity contribution in [2.75, 3.05) is 0 Å². The molecule has 0 spiro atoms. The Hall–Kier alpha value is -1.83. The molecular formula is C22H29N3O2P2. The van der Waals surface area contributed by atoms with Crippen LogP contribution in [-0.4, -0.2) is 26.8 Å². The number of hydrogen-bond donors (Lipinski definition) is 1. The number of benzene rings is 1. The van der Waals surface area contributed by atoms with Crippen LogP contribution in [0.15, 0.2) is 49.2 Å². The molecule has 3 rings (SSSR count). The van der Waals surface area contributed by atoms with Crippen molar-refractivity contribution in [3.63, 3.8) is 0 Å². The topological polar surface area (TPSA) is 64.1 Å². The molecule has 154 valence electrons. The Bertz CT molecular complexity index is 887. The highest BCUT2D eigenvalue weighted by atomic mass is 31.1. The lowest BCUT2D eigenvalue weighted by atomic mass is 9.78. The maximum atomic E-state index is 13.1. The molecule has 0 bridgehead atoms. The van der Waals surface area contributed by atoms with E-state index in [9.17, 15) is 4.79 Å². The number of aromatic nitrogens is 2. The number of nitrogens with one attached hydrogen (secondary N) is 1. The van der Waals surface area contributed by atoms with E-state index in [2.05, 4.69) is 40.3 Å². The number of ether oxygens (including phenoxy) is 1. The first kappa shape index (κ1) is 21.9. The van der Waals surface area contributed by atoms with Crippen molar-refractivity contribution in [3.05, 3.63) is 60.6 Å². The zero-order valence-electron chi connectivity index (χ0n) is 17.2. The summed E-state index contributed by atoms with van der Waals surface area (Å²) in [5, 5.41) is 3.07. The average Bonchev–Trinajstić information content (AvgIpc) is 2.64. The van der Waals surface area contributed by atoms with E-state index in [-0.39, 0.29) is 28.1 Å². The summed E-state index contributed by atoms with van der Waals surface area (Å²) < 4.78 is 5.97. The summed E-state index contributed by atoms with van der Waals surface area (Å²) in [5.74, 6) is 1.60. The van der Waals surface area contributed by atoms with E-state index >= 15 is 0 Å². The predicted octanol–water partition coefficient (Wildman–Crippen LogP) is 4.71. The number of para-hydroxylation sites is 1. The third-order valence-corrected chi connectivity index (χ3v) is 5.91. The zero-order valence-corrected chi connectivity index (χ0v) is 19.5. The first-order valence-corrected chi connectivity index (χ1v) is 10.9. The first-order valence-electron chi connectivity index (χ1n) is 9.71. The molecule has 1 aliphatic rings. The summed E-state index contributed by atoms with van der Waals surface area (Å²) in [7, 11) is 5.71. The lowest BCUT2D eigenvalue weighted by Gasteiger charge is -2.45. The van der Waals surface area contributed by atoms with Crippen LogP contribution < -0.4 is 10.1 Å². The van der Waals surface area contributed by atoms with Crippen LogP contribution >= 0.6 is 18.5 Å². The molecule has 1 aromatic heterocycles. The molecule has 5 nitrogen and oxygen atoms in total. The normalized spacial score (nSPS) is 17.1. The monoisotopic (exact) mass is 429 g/mol. The van der Waals surface area contributed by atoms with Gasteiger partial charge in [0.15, 0.2) is 0 Å². The van der Waals surface area contributed by atoms with E-state index in [1.54, 1.807) is 12.3 Å². The van der Waals surface area contributed by atoms with Crippen molar-refractivity contribution >= 4 is 24.4 Å². The Morgan fingerprint density at radius 1 is 1.31 bits per heavy atom. The van der Waals surface area contributed by atoms with Crippen LogP contribution in [0, 0.1) is 5.92 Å². The summed E-state index contributed by atoms with van der Waals surface area (Å²) in [6.07, 6.45) is 5.34. The van der Waals surface area contributed by atoms with Gasteiger partial charge in [-0.3, -0.25) is 4.79 Å². The van der Waals surface area contributed by atoms with E-state index in [0.29, 0.717) is 23.1 Å². The first-order chi connectivity index (χ1) is 13.6. The largest absolute Gasteiger partial charge is 0.438 e. The van der Waals surface area contributed by atoms with Crippen LogP contribution in [0.25, 0.3) is 0 Å². The second-order valence-corrected chi connectivity index (χ2v) is 11.7. The fourth-order valence-corrected chi connectivity index (χ4v) is 4.54. The van der Waals surface area contributed by atoms with E-state index in [1.165, 1.54) is 0 Å². The van der Waals surface area contributed by atoms with Crippen molar-refractivity contribution in [1.82, 2.24) is 15.3 Å². The Morgan fingerprint density at radius 3 is 2.52 bits per heavy atom. The molecule has 2 aromatic rings. The van der Waals surface area contributed by atoms with E-state index < -0.39 is 0 Å². The molecule has 3 unspecified atom stereocenters. The van der Waals surface area contributed by atoms with Gasteiger partial charge in [0.1, 0.15) is 17.1 Å². The molecule has 1 aromatic carbocycles. The smallest absolute Gasteiger partial charge is 0.258 e. The van der Waals surface area contributed by atoms with Crippen LogP contribution in [0.5, 0.6) is 11.6 Å². The summed E-state index contributed by atoms with van der Waals surface area (Å²) in [6, 6.07) is 9.22. The molecule has 1 fully saturated rings. The summed E-state index contributed by atoms with van der Waals surface area (Å²) >= 11 is 0. The maximum absolute atomic E-state index is 13.1. The van der Waals surface area contributed by atoms with Gasteiger partial charge in [0.2, 0.25) is 5.88 Å². The average molecular weight is 429 g/mol. The van der Waals surface area contributed by atoms with E-state index in [0.717, 1.165) is 12.8 Å². The lowest BCUT2D eigenvalue weighted by molar-refractivity contribution is 0.0914. The van der Waals surface area contributed by atoms with Crippen LogP contribution in [0.1, 0.15) is 49.8 Å². The van der Waals surface area contributed by atoms with Crippen LogP contribution in [-0.2, 0) is 5.41 Å². The van der Waals surface area contributed by atoms with Gasteiger partial charge in [-0.2, -0.15) is 4.98 Å². The Kier molecular flexibility index (Phi) is 6.41. The van der Waals surface area contributed by atoms with Gasteiger partial charge in [0.05, 0.1) is 6.04 Å². The van der Waals surface area contributed by atoms with Gasteiger partial charge >= 0.3 is 0 Å². The number of carbonyl (C=O) groups excluding carboxylic acids is 1. The maximum Gasteiger partial charge on any atom is 0.258 e. The SMILES string of the molecule is C=CC(NC(=O)c1cnc(C(C)(C)C)nc1Oc1ccccc1)C1CC(P)(P)C1. The minimum Gasteiger partial charge on any atom is -0.438 e. The zero-order chi connectivity index (χ0) is 21.2.